The summed E-state index contributed by atoms with van der Waals surface area (Å²) in [6, 6.07) is 5.25. The van der Waals surface area contributed by atoms with Crippen LogP contribution in [0.4, 0.5) is 0 Å². The minimum absolute atomic E-state index is 0.00688. The Hall–Kier alpha value is -1.66. The molecule has 2 rings (SSSR count). The predicted octanol–water partition coefficient (Wildman–Crippen LogP) is 3.43. The van der Waals surface area contributed by atoms with Crippen molar-refractivity contribution < 1.29 is 9.53 Å². The molecule has 28 heavy (non-hydrogen) atoms. The fourth-order valence-electron chi connectivity index (χ4n) is 3.19. The van der Waals surface area contributed by atoms with Gasteiger partial charge in [0.05, 0.1) is 12.0 Å². The van der Waals surface area contributed by atoms with Gasteiger partial charge in [-0.2, -0.15) is 0 Å². The van der Waals surface area contributed by atoms with Crippen molar-refractivity contribution in [3.8, 4) is 5.75 Å². The Morgan fingerprint density at radius 3 is 2.39 bits per heavy atom. The molecule has 0 atom stereocenters. The number of carbonyl (C=O) groups excluding carboxylic acids is 1. The monoisotopic (exact) mass is 428 g/mol. The van der Waals surface area contributed by atoms with Gasteiger partial charge in [0.15, 0.2) is 5.96 Å². The highest BCUT2D eigenvalue weighted by molar-refractivity contribution is 6.34. The number of nitrogens with one attached hydrogen (secondary N) is 2. The fourth-order valence-corrected chi connectivity index (χ4v) is 3.69. The van der Waals surface area contributed by atoms with Crippen LogP contribution in [-0.4, -0.2) is 57.1 Å². The van der Waals surface area contributed by atoms with Crippen molar-refractivity contribution in [2.45, 2.75) is 26.7 Å². The molecule has 2 N–H and O–H groups in total. The number of guanidine groups is 1. The number of piperidine rings is 1. The highest BCUT2D eigenvalue weighted by Gasteiger charge is 2.28. The molecule has 6 nitrogen and oxygen atoms in total. The van der Waals surface area contributed by atoms with E-state index in [1.807, 2.05) is 13.8 Å². The van der Waals surface area contributed by atoms with Crippen LogP contribution in [0.15, 0.2) is 23.2 Å². The highest BCUT2D eigenvalue weighted by atomic mass is 35.5. The Kier molecular flexibility index (Phi) is 8.25. The van der Waals surface area contributed by atoms with Gasteiger partial charge in [-0.15, -0.1) is 0 Å². The third-order valence-corrected chi connectivity index (χ3v) is 5.41. The van der Waals surface area contributed by atoms with Gasteiger partial charge in [0.25, 0.3) is 0 Å². The molecule has 0 aliphatic carbocycles. The second-order valence-corrected chi connectivity index (χ2v) is 8.58. The second-order valence-electron chi connectivity index (χ2n) is 7.71. The number of nitrogens with zero attached hydrogens (tertiary/aromatic N) is 2. The van der Waals surface area contributed by atoms with Crippen LogP contribution in [0, 0.1) is 11.3 Å². The minimum atomic E-state index is -0.505. The summed E-state index contributed by atoms with van der Waals surface area (Å²) < 4.78 is 5.88. The fraction of sp³-hybridized carbons (Fsp3) is 0.600. The van der Waals surface area contributed by atoms with Crippen LogP contribution >= 0.6 is 23.2 Å². The highest BCUT2D eigenvalue weighted by Crippen LogP contribution is 2.26. The van der Waals surface area contributed by atoms with E-state index in [0.29, 0.717) is 34.9 Å². The third kappa shape index (κ3) is 6.45. The van der Waals surface area contributed by atoms with E-state index >= 15 is 0 Å². The summed E-state index contributed by atoms with van der Waals surface area (Å²) in [5, 5.41) is 7.19. The molecule has 0 aromatic heterocycles. The van der Waals surface area contributed by atoms with E-state index in [4.69, 9.17) is 27.9 Å². The van der Waals surface area contributed by atoms with Gasteiger partial charge >= 0.3 is 0 Å². The molecule has 0 saturated carbocycles. The number of benzene rings is 1. The van der Waals surface area contributed by atoms with Gasteiger partial charge in [0.1, 0.15) is 5.75 Å². The third-order valence-electron chi connectivity index (χ3n) is 4.98. The van der Waals surface area contributed by atoms with Gasteiger partial charge in [-0.25, -0.2) is 0 Å². The molecule has 1 aromatic rings. The van der Waals surface area contributed by atoms with Crippen molar-refractivity contribution in [1.29, 1.82) is 0 Å². The van der Waals surface area contributed by atoms with E-state index in [1.165, 1.54) is 0 Å². The van der Waals surface area contributed by atoms with Gasteiger partial charge in [-0.1, -0.05) is 23.2 Å². The average molecular weight is 429 g/mol. The summed E-state index contributed by atoms with van der Waals surface area (Å²) in [4.78, 5) is 18.6. The normalized spacial score (nSPS) is 16.1. The minimum Gasteiger partial charge on any atom is -0.493 e. The van der Waals surface area contributed by atoms with Crippen LogP contribution < -0.4 is 15.4 Å². The predicted molar refractivity (Wildman–Crippen MR) is 115 cm³/mol. The first kappa shape index (κ1) is 22.6. The first-order chi connectivity index (χ1) is 13.2. The van der Waals surface area contributed by atoms with E-state index in [1.54, 1.807) is 32.3 Å². The Morgan fingerprint density at radius 2 is 1.86 bits per heavy atom. The van der Waals surface area contributed by atoms with E-state index in [-0.39, 0.29) is 5.91 Å². The number of aliphatic imine (C=N–C) groups is 1. The summed E-state index contributed by atoms with van der Waals surface area (Å²) in [7, 11) is 3.43. The number of hydrogen-bond acceptors (Lipinski definition) is 3. The lowest BCUT2D eigenvalue weighted by atomic mass is 9.92. The molecule has 1 aliphatic rings. The van der Waals surface area contributed by atoms with E-state index in [2.05, 4.69) is 20.5 Å². The van der Waals surface area contributed by atoms with Crippen LogP contribution in [0.2, 0.25) is 10.0 Å². The molecule has 0 unspecified atom stereocenters. The number of ether oxygens (including phenoxy) is 1. The first-order valence-corrected chi connectivity index (χ1v) is 10.3. The number of amides is 1. The average Bonchev–Trinajstić information content (AvgIpc) is 2.66. The number of halogens is 2. The molecule has 0 bridgehead atoms. The van der Waals surface area contributed by atoms with Crippen LogP contribution in [0.1, 0.15) is 26.7 Å². The summed E-state index contributed by atoms with van der Waals surface area (Å²) in [6.07, 6.45) is 2.02. The first-order valence-electron chi connectivity index (χ1n) is 9.52. The number of hydrogen-bond donors (Lipinski definition) is 2. The molecule has 1 aliphatic heterocycles. The maximum atomic E-state index is 11.9. The molecule has 1 aromatic carbocycles. The SMILES string of the molecule is CN=C(NCC(C)(C)C(=O)NC)N1CCC(COc2cc(Cl)cc(Cl)c2)CC1. The van der Waals surface area contributed by atoms with Crippen molar-refractivity contribution in [2.75, 3.05) is 40.3 Å². The van der Waals surface area contributed by atoms with Crippen LogP contribution in [0.3, 0.4) is 0 Å². The summed E-state index contributed by atoms with van der Waals surface area (Å²) in [5.74, 6) is 2.01. The number of likely N-dealkylation sites (tertiary alicyclic amines) is 1. The van der Waals surface area contributed by atoms with Gasteiger partial charge in [0.2, 0.25) is 5.91 Å². The molecule has 0 spiro atoms. The lowest BCUT2D eigenvalue weighted by Gasteiger charge is -2.35. The van der Waals surface area contributed by atoms with Crippen molar-refractivity contribution in [3.05, 3.63) is 28.2 Å². The smallest absolute Gasteiger partial charge is 0.227 e. The van der Waals surface area contributed by atoms with E-state index < -0.39 is 5.41 Å². The van der Waals surface area contributed by atoms with Gasteiger partial charge in [-0.3, -0.25) is 9.79 Å². The summed E-state index contributed by atoms with van der Waals surface area (Å²) in [5.41, 5.74) is -0.505. The Labute approximate surface area is 177 Å². The van der Waals surface area contributed by atoms with Gasteiger partial charge in [-0.05, 0) is 50.8 Å². The molecule has 1 fully saturated rings. The van der Waals surface area contributed by atoms with Crippen molar-refractivity contribution in [2.24, 2.45) is 16.3 Å². The van der Waals surface area contributed by atoms with Crippen LogP contribution in [0.25, 0.3) is 0 Å². The maximum Gasteiger partial charge on any atom is 0.227 e. The zero-order valence-corrected chi connectivity index (χ0v) is 18.5. The zero-order valence-electron chi connectivity index (χ0n) is 17.0. The largest absolute Gasteiger partial charge is 0.493 e. The van der Waals surface area contributed by atoms with E-state index in [9.17, 15) is 4.79 Å². The van der Waals surface area contributed by atoms with Crippen molar-refractivity contribution in [3.63, 3.8) is 0 Å². The molecular weight excluding hydrogens is 399 g/mol. The topological polar surface area (TPSA) is 66.0 Å². The molecule has 0 radical (unpaired) electrons. The quantitative estimate of drug-likeness (QED) is 0.537. The lowest BCUT2D eigenvalue weighted by Crippen LogP contribution is -2.50. The number of carbonyl (C=O) groups is 1. The van der Waals surface area contributed by atoms with E-state index in [0.717, 1.165) is 31.9 Å². The number of rotatable bonds is 6. The molecule has 1 saturated heterocycles. The molecular formula is C20H30Cl2N4O2. The Morgan fingerprint density at radius 1 is 1.25 bits per heavy atom. The summed E-state index contributed by atoms with van der Waals surface area (Å²) >= 11 is 12.0. The Bertz CT molecular complexity index is 681. The molecule has 8 heteroatoms. The van der Waals surface area contributed by atoms with Crippen molar-refractivity contribution in [1.82, 2.24) is 15.5 Å². The van der Waals surface area contributed by atoms with Crippen LogP contribution in [-0.2, 0) is 4.79 Å². The standard InChI is InChI=1S/C20H30Cl2N4O2/c1-20(2,18(27)23-3)13-25-19(24-4)26-7-5-14(6-8-26)12-28-17-10-15(21)9-16(22)11-17/h9-11,14H,5-8,12-13H2,1-4H3,(H,23,27)(H,24,25). The van der Waals surface area contributed by atoms with Gasteiger partial charge in [0, 0.05) is 43.8 Å². The van der Waals surface area contributed by atoms with Crippen molar-refractivity contribution >= 4 is 35.1 Å². The summed E-state index contributed by atoms with van der Waals surface area (Å²) in [6.45, 7) is 6.78. The Balaban J connectivity index is 1.80. The second kappa shape index (κ2) is 10.2. The lowest BCUT2D eigenvalue weighted by molar-refractivity contribution is -0.128. The maximum absolute atomic E-state index is 11.9. The molecule has 1 amide bonds. The van der Waals surface area contributed by atoms with Gasteiger partial charge < -0.3 is 20.3 Å². The zero-order chi connectivity index (χ0) is 20.7. The molecule has 156 valence electrons. The van der Waals surface area contributed by atoms with Crippen LogP contribution in [0.5, 0.6) is 5.75 Å². The molecule has 1 heterocycles.